The van der Waals surface area contributed by atoms with Gasteiger partial charge in [0.15, 0.2) is 0 Å². The van der Waals surface area contributed by atoms with Gasteiger partial charge in [-0.2, -0.15) is 5.10 Å². The molecule has 5 heteroatoms. The Morgan fingerprint density at radius 2 is 2.00 bits per heavy atom. The molecule has 0 bridgehead atoms. The third-order valence-corrected chi connectivity index (χ3v) is 4.86. The van der Waals surface area contributed by atoms with Crippen molar-refractivity contribution >= 4 is 5.91 Å². The maximum atomic E-state index is 12.8. The quantitative estimate of drug-likeness (QED) is 0.910. The van der Waals surface area contributed by atoms with Crippen molar-refractivity contribution in [1.82, 2.24) is 15.1 Å². The van der Waals surface area contributed by atoms with E-state index in [0.29, 0.717) is 31.2 Å². The third-order valence-electron chi connectivity index (χ3n) is 4.86. The molecule has 2 aromatic rings. The molecule has 2 atom stereocenters. The smallest absolute Gasteiger partial charge is 0.274 e. The Labute approximate surface area is 143 Å². The number of aromatic amines is 1. The van der Waals surface area contributed by atoms with E-state index in [9.17, 15) is 4.79 Å². The average Bonchev–Trinajstić information content (AvgIpc) is 3.22. The van der Waals surface area contributed by atoms with Crippen LogP contribution in [0.25, 0.3) is 0 Å². The van der Waals surface area contributed by atoms with E-state index >= 15 is 0 Å². The lowest BCUT2D eigenvalue weighted by molar-refractivity contribution is 0.0780. The van der Waals surface area contributed by atoms with E-state index in [1.807, 2.05) is 29.2 Å². The lowest BCUT2D eigenvalue weighted by Crippen LogP contribution is -2.30. The number of rotatable bonds is 3. The van der Waals surface area contributed by atoms with Gasteiger partial charge in [0, 0.05) is 30.1 Å². The number of nitrogens with two attached hydrogens (primary N) is 1. The van der Waals surface area contributed by atoms with E-state index in [1.165, 1.54) is 5.56 Å². The van der Waals surface area contributed by atoms with Gasteiger partial charge in [-0.25, -0.2) is 0 Å². The highest BCUT2D eigenvalue weighted by molar-refractivity contribution is 5.92. The molecule has 0 aliphatic carbocycles. The molecule has 3 N–H and O–H groups in total. The molecular weight excluding hydrogens is 300 g/mol. The molecule has 24 heavy (non-hydrogen) atoms. The summed E-state index contributed by atoms with van der Waals surface area (Å²) in [5.41, 5.74) is 8.62. The van der Waals surface area contributed by atoms with Gasteiger partial charge >= 0.3 is 0 Å². The first-order valence-corrected chi connectivity index (χ1v) is 8.50. The number of hydrogen-bond donors (Lipinski definition) is 2. The molecule has 0 saturated carbocycles. The monoisotopic (exact) mass is 326 g/mol. The fraction of sp³-hybridized carbons (Fsp3) is 0.474. The van der Waals surface area contributed by atoms with Crippen LogP contribution < -0.4 is 5.73 Å². The molecule has 2 heterocycles. The molecular formula is C19H26N4O. The molecule has 3 rings (SSSR count). The van der Waals surface area contributed by atoms with Gasteiger partial charge in [0.1, 0.15) is 5.69 Å². The van der Waals surface area contributed by atoms with Gasteiger partial charge in [-0.15, -0.1) is 0 Å². The number of likely N-dealkylation sites (tertiary alicyclic amines) is 1. The summed E-state index contributed by atoms with van der Waals surface area (Å²) in [7, 11) is 0. The zero-order chi connectivity index (χ0) is 17.3. The zero-order valence-electron chi connectivity index (χ0n) is 14.6. The van der Waals surface area contributed by atoms with Crippen LogP contribution in [0.3, 0.4) is 0 Å². The van der Waals surface area contributed by atoms with Crippen molar-refractivity contribution in [3.63, 3.8) is 0 Å². The zero-order valence-corrected chi connectivity index (χ0v) is 14.6. The van der Waals surface area contributed by atoms with Gasteiger partial charge in [0.25, 0.3) is 5.91 Å². The van der Waals surface area contributed by atoms with E-state index in [0.717, 1.165) is 5.69 Å². The molecule has 0 radical (unpaired) electrons. The molecule has 128 valence electrons. The van der Waals surface area contributed by atoms with Gasteiger partial charge < -0.3 is 10.6 Å². The molecule has 1 saturated heterocycles. The number of benzene rings is 1. The van der Waals surface area contributed by atoms with Crippen molar-refractivity contribution < 1.29 is 4.79 Å². The Kier molecular flexibility index (Phi) is 4.45. The Balaban J connectivity index is 1.78. The molecule has 1 aromatic heterocycles. The molecule has 1 aliphatic rings. The maximum absolute atomic E-state index is 12.8. The number of H-pyrrole nitrogens is 1. The standard InChI is InChI=1S/C19H26N4O/c1-19(2,3)17-9-16(21-22-17)18(24)23-11-14(10-20)15(12-23)13-7-5-4-6-8-13/h4-9,14-15H,10-12,20H2,1-3H3,(H,21,22)/t14-,15+/m1/s1. The lowest BCUT2D eigenvalue weighted by atomic mass is 9.89. The van der Waals surface area contributed by atoms with Gasteiger partial charge in [-0.05, 0) is 24.1 Å². The minimum Gasteiger partial charge on any atom is -0.336 e. The van der Waals surface area contributed by atoms with Crippen molar-refractivity contribution in [3.8, 4) is 0 Å². The molecule has 1 aliphatic heterocycles. The van der Waals surface area contributed by atoms with Crippen LogP contribution in [0.2, 0.25) is 0 Å². The summed E-state index contributed by atoms with van der Waals surface area (Å²) in [6, 6.07) is 12.2. The van der Waals surface area contributed by atoms with E-state index < -0.39 is 0 Å². The van der Waals surface area contributed by atoms with Crippen LogP contribution in [-0.4, -0.2) is 40.6 Å². The second-order valence-electron chi connectivity index (χ2n) is 7.64. The van der Waals surface area contributed by atoms with Crippen molar-refractivity contribution in [1.29, 1.82) is 0 Å². The van der Waals surface area contributed by atoms with Gasteiger partial charge in [-0.3, -0.25) is 9.89 Å². The van der Waals surface area contributed by atoms with Crippen LogP contribution in [0.15, 0.2) is 36.4 Å². The minimum absolute atomic E-state index is 0.0152. The van der Waals surface area contributed by atoms with Crippen LogP contribution in [0.4, 0.5) is 0 Å². The normalized spacial score (nSPS) is 21.2. The highest BCUT2D eigenvalue weighted by Crippen LogP contribution is 2.33. The summed E-state index contributed by atoms with van der Waals surface area (Å²) in [5, 5.41) is 7.22. The van der Waals surface area contributed by atoms with Crippen LogP contribution in [-0.2, 0) is 5.41 Å². The van der Waals surface area contributed by atoms with E-state index in [4.69, 9.17) is 5.73 Å². The average molecular weight is 326 g/mol. The topological polar surface area (TPSA) is 75.0 Å². The van der Waals surface area contributed by atoms with E-state index in [1.54, 1.807) is 0 Å². The van der Waals surface area contributed by atoms with Gasteiger partial charge in [0.2, 0.25) is 0 Å². The SMILES string of the molecule is CC(C)(C)c1cc(C(=O)N2C[C@@H](CN)[C@H](c3ccccc3)C2)n[nH]1. The Morgan fingerprint density at radius 1 is 1.29 bits per heavy atom. The first-order chi connectivity index (χ1) is 11.4. The third kappa shape index (κ3) is 3.22. The molecule has 0 unspecified atom stereocenters. The first-order valence-electron chi connectivity index (χ1n) is 8.50. The minimum atomic E-state index is -0.0527. The second-order valence-corrected chi connectivity index (χ2v) is 7.64. The van der Waals surface area contributed by atoms with E-state index in [-0.39, 0.29) is 17.2 Å². The number of carbonyl (C=O) groups excluding carboxylic acids is 1. The van der Waals surface area contributed by atoms with Crippen LogP contribution >= 0.6 is 0 Å². The first kappa shape index (κ1) is 16.7. The molecule has 1 aromatic carbocycles. The predicted octanol–water partition coefficient (Wildman–Crippen LogP) is 2.52. The van der Waals surface area contributed by atoms with Crippen molar-refractivity contribution in [3.05, 3.63) is 53.3 Å². The number of hydrogen-bond acceptors (Lipinski definition) is 3. The summed E-state index contributed by atoms with van der Waals surface area (Å²) >= 11 is 0. The van der Waals surface area contributed by atoms with Crippen LogP contribution in [0.5, 0.6) is 0 Å². The summed E-state index contributed by atoms with van der Waals surface area (Å²) < 4.78 is 0. The Hall–Kier alpha value is -2.14. The summed E-state index contributed by atoms with van der Waals surface area (Å²) in [6.45, 7) is 8.26. The van der Waals surface area contributed by atoms with Crippen LogP contribution in [0.1, 0.15) is 48.4 Å². The lowest BCUT2D eigenvalue weighted by Gasteiger charge is -2.16. The second kappa shape index (κ2) is 6.40. The maximum Gasteiger partial charge on any atom is 0.274 e. The van der Waals surface area contributed by atoms with Gasteiger partial charge in [-0.1, -0.05) is 51.1 Å². The summed E-state index contributed by atoms with van der Waals surface area (Å²) in [6.07, 6.45) is 0. The Bertz CT molecular complexity index is 702. The summed E-state index contributed by atoms with van der Waals surface area (Å²) in [5.74, 6) is 0.567. The predicted molar refractivity (Wildman–Crippen MR) is 94.9 cm³/mol. The van der Waals surface area contributed by atoms with Crippen molar-refractivity contribution in [2.24, 2.45) is 11.7 Å². The Morgan fingerprint density at radius 3 is 2.58 bits per heavy atom. The summed E-state index contributed by atoms with van der Waals surface area (Å²) in [4.78, 5) is 14.7. The highest BCUT2D eigenvalue weighted by Gasteiger charge is 2.36. The largest absolute Gasteiger partial charge is 0.336 e. The fourth-order valence-corrected chi connectivity index (χ4v) is 3.33. The molecule has 1 amide bonds. The number of carbonyl (C=O) groups is 1. The van der Waals surface area contributed by atoms with E-state index in [2.05, 4.69) is 43.1 Å². The fourth-order valence-electron chi connectivity index (χ4n) is 3.33. The number of aromatic nitrogens is 2. The van der Waals surface area contributed by atoms with Crippen molar-refractivity contribution in [2.45, 2.75) is 32.1 Å². The molecule has 5 nitrogen and oxygen atoms in total. The molecule has 1 fully saturated rings. The van der Waals surface area contributed by atoms with Crippen molar-refractivity contribution in [2.75, 3.05) is 19.6 Å². The number of nitrogens with zero attached hydrogens (tertiary/aromatic N) is 2. The van der Waals surface area contributed by atoms with Gasteiger partial charge in [0.05, 0.1) is 0 Å². The highest BCUT2D eigenvalue weighted by atomic mass is 16.2. The molecule has 0 spiro atoms. The van der Waals surface area contributed by atoms with Crippen LogP contribution in [0, 0.1) is 5.92 Å². The number of amides is 1. The number of nitrogens with one attached hydrogen (secondary N) is 1.